The van der Waals surface area contributed by atoms with Crippen molar-refractivity contribution in [3.8, 4) is 5.88 Å². The first-order valence-corrected chi connectivity index (χ1v) is 8.38. The summed E-state index contributed by atoms with van der Waals surface area (Å²) < 4.78 is 47.5. The number of benzene rings is 1. The van der Waals surface area contributed by atoms with Gasteiger partial charge in [0.15, 0.2) is 6.10 Å². The standard InChI is InChI=1S/C19H19F3N2O5/c1-28-15-8-3-11(10-23-15)9-14(18(27)29-2)24-17(26)16(25)12-4-6-13(7-5-12)19(20,21)22/h3-8,10,14,16,25H,9H2,1-2H3,(H,24,26)/t14-,16-/m0/s1. The number of aliphatic hydroxyl groups is 1. The molecular weight excluding hydrogens is 393 g/mol. The molecule has 0 aliphatic rings. The van der Waals surface area contributed by atoms with Crippen LogP contribution in [0, 0.1) is 0 Å². The second kappa shape index (κ2) is 9.37. The van der Waals surface area contributed by atoms with E-state index in [2.05, 4.69) is 15.0 Å². The van der Waals surface area contributed by atoms with Crippen molar-refractivity contribution in [3.05, 3.63) is 59.3 Å². The van der Waals surface area contributed by atoms with Crippen LogP contribution in [0.25, 0.3) is 0 Å². The van der Waals surface area contributed by atoms with Crippen LogP contribution in [0.5, 0.6) is 5.88 Å². The van der Waals surface area contributed by atoms with Crippen LogP contribution in [0.1, 0.15) is 22.8 Å². The van der Waals surface area contributed by atoms with Gasteiger partial charge in [0, 0.05) is 18.7 Å². The van der Waals surface area contributed by atoms with Crippen molar-refractivity contribution in [2.45, 2.75) is 24.7 Å². The average molecular weight is 412 g/mol. The van der Waals surface area contributed by atoms with Gasteiger partial charge in [-0.1, -0.05) is 18.2 Å². The molecule has 10 heteroatoms. The van der Waals surface area contributed by atoms with E-state index in [9.17, 15) is 27.9 Å². The Morgan fingerprint density at radius 1 is 1.14 bits per heavy atom. The molecule has 2 atom stereocenters. The van der Waals surface area contributed by atoms with Gasteiger partial charge in [0.25, 0.3) is 5.91 Å². The highest BCUT2D eigenvalue weighted by atomic mass is 19.4. The van der Waals surface area contributed by atoms with Crippen LogP contribution in [0.2, 0.25) is 0 Å². The Labute approximate surface area is 164 Å². The van der Waals surface area contributed by atoms with E-state index in [-0.39, 0.29) is 12.0 Å². The summed E-state index contributed by atoms with van der Waals surface area (Å²) >= 11 is 0. The number of amides is 1. The van der Waals surface area contributed by atoms with Gasteiger partial charge in [0.1, 0.15) is 6.04 Å². The zero-order valence-corrected chi connectivity index (χ0v) is 15.6. The third kappa shape index (κ3) is 5.92. The fraction of sp³-hybridized carbons (Fsp3) is 0.316. The first kappa shape index (κ1) is 22.2. The zero-order chi connectivity index (χ0) is 21.6. The molecule has 2 aromatic rings. The van der Waals surface area contributed by atoms with Crippen LogP contribution in [0.3, 0.4) is 0 Å². The van der Waals surface area contributed by atoms with Crippen molar-refractivity contribution in [1.29, 1.82) is 0 Å². The summed E-state index contributed by atoms with van der Waals surface area (Å²) in [5, 5.41) is 12.5. The monoisotopic (exact) mass is 412 g/mol. The highest BCUT2D eigenvalue weighted by Crippen LogP contribution is 2.30. The Kier molecular flexibility index (Phi) is 7.16. The minimum atomic E-state index is -4.53. The van der Waals surface area contributed by atoms with Crippen LogP contribution in [-0.4, -0.2) is 42.2 Å². The topological polar surface area (TPSA) is 97.8 Å². The molecule has 1 heterocycles. The van der Waals surface area contributed by atoms with E-state index < -0.39 is 35.8 Å². The molecule has 7 nitrogen and oxygen atoms in total. The molecular formula is C19H19F3N2O5. The summed E-state index contributed by atoms with van der Waals surface area (Å²) in [5.41, 5.74) is -0.371. The van der Waals surface area contributed by atoms with Gasteiger partial charge in [-0.3, -0.25) is 4.79 Å². The van der Waals surface area contributed by atoms with Gasteiger partial charge in [-0.2, -0.15) is 13.2 Å². The lowest BCUT2D eigenvalue weighted by molar-refractivity contribution is -0.146. The highest BCUT2D eigenvalue weighted by molar-refractivity contribution is 5.87. The molecule has 1 aromatic heterocycles. The quantitative estimate of drug-likeness (QED) is 0.676. The third-order valence-corrected chi connectivity index (χ3v) is 4.05. The van der Waals surface area contributed by atoms with Crippen molar-refractivity contribution < 1.29 is 37.3 Å². The number of halogens is 3. The lowest BCUT2D eigenvalue weighted by Gasteiger charge is -2.19. The molecule has 1 aromatic carbocycles. The van der Waals surface area contributed by atoms with Crippen LogP contribution >= 0.6 is 0 Å². The van der Waals surface area contributed by atoms with Crippen LogP contribution in [0.15, 0.2) is 42.6 Å². The molecule has 0 radical (unpaired) electrons. The number of aromatic nitrogens is 1. The van der Waals surface area contributed by atoms with Gasteiger partial charge >= 0.3 is 12.1 Å². The zero-order valence-electron chi connectivity index (χ0n) is 15.6. The predicted octanol–water partition coefficient (Wildman–Crippen LogP) is 2.04. The normalized spacial score (nSPS) is 13.3. The van der Waals surface area contributed by atoms with Crippen LogP contribution in [0.4, 0.5) is 13.2 Å². The van der Waals surface area contributed by atoms with Crippen molar-refractivity contribution in [1.82, 2.24) is 10.3 Å². The first-order valence-electron chi connectivity index (χ1n) is 8.38. The fourth-order valence-electron chi connectivity index (χ4n) is 2.48. The largest absolute Gasteiger partial charge is 0.481 e. The van der Waals surface area contributed by atoms with E-state index in [1.165, 1.54) is 13.3 Å². The number of esters is 1. The highest BCUT2D eigenvalue weighted by Gasteiger charge is 2.31. The maximum Gasteiger partial charge on any atom is 0.416 e. The number of nitrogens with zero attached hydrogens (tertiary/aromatic N) is 1. The number of carbonyl (C=O) groups excluding carboxylic acids is 2. The Morgan fingerprint density at radius 2 is 1.79 bits per heavy atom. The smallest absolute Gasteiger partial charge is 0.416 e. The number of ether oxygens (including phenoxy) is 2. The van der Waals surface area contributed by atoms with Gasteiger partial charge in [-0.05, 0) is 23.3 Å². The van der Waals surface area contributed by atoms with Gasteiger partial charge in [-0.25, -0.2) is 9.78 Å². The van der Waals surface area contributed by atoms with Crippen LogP contribution in [-0.2, 0) is 26.9 Å². The Balaban J connectivity index is 2.10. The molecule has 0 aliphatic heterocycles. The minimum absolute atomic E-state index is 0.0230. The fourth-order valence-corrected chi connectivity index (χ4v) is 2.48. The molecule has 0 bridgehead atoms. The third-order valence-electron chi connectivity index (χ3n) is 4.05. The maximum absolute atomic E-state index is 12.6. The number of alkyl halides is 3. The number of hydrogen-bond donors (Lipinski definition) is 2. The second-order valence-corrected chi connectivity index (χ2v) is 6.02. The van der Waals surface area contributed by atoms with Crippen molar-refractivity contribution >= 4 is 11.9 Å². The maximum atomic E-state index is 12.6. The number of carbonyl (C=O) groups is 2. The minimum Gasteiger partial charge on any atom is -0.481 e. The summed E-state index contributed by atoms with van der Waals surface area (Å²) in [6, 6.07) is 5.58. The van der Waals surface area contributed by atoms with Crippen molar-refractivity contribution in [2.75, 3.05) is 14.2 Å². The van der Waals surface area contributed by atoms with Gasteiger partial charge in [0.2, 0.25) is 5.88 Å². The van der Waals surface area contributed by atoms with Crippen LogP contribution < -0.4 is 10.1 Å². The SMILES string of the molecule is COC(=O)[C@H](Cc1ccc(OC)nc1)NC(=O)[C@@H](O)c1ccc(C(F)(F)F)cc1. The Morgan fingerprint density at radius 3 is 2.28 bits per heavy atom. The second-order valence-electron chi connectivity index (χ2n) is 6.02. The molecule has 0 saturated carbocycles. The summed E-state index contributed by atoms with van der Waals surface area (Å²) in [5.74, 6) is -1.35. The average Bonchev–Trinajstić information content (AvgIpc) is 2.72. The number of rotatable bonds is 7. The molecule has 0 saturated heterocycles. The van der Waals surface area contributed by atoms with E-state index in [4.69, 9.17) is 4.74 Å². The molecule has 0 fully saturated rings. The van der Waals surface area contributed by atoms with E-state index in [0.29, 0.717) is 11.4 Å². The lowest BCUT2D eigenvalue weighted by Crippen LogP contribution is -2.45. The summed E-state index contributed by atoms with van der Waals surface area (Å²) in [6.45, 7) is 0. The van der Waals surface area contributed by atoms with Crippen molar-refractivity contribution in [2.24, 2.45) is 0 Å². The number of hydrogen-bond acceptors (Lipinski definition) is 6. The molecule has 0 spiro atoms. The summed E-state index contributed by atoms with van der Waals surface area (Å²) in [4.78, 5) is 28.3. The Bertz CT molecular complexity index is 838. The molecule has 156 valence electrons. The summed E-state index contributed by atoms with van der Waals surface area (Å²) in [7, 11) is 2.59. The number of aliphatic hydroxyl groups excluding tert-OH is 1. The lowest BCUT2D eigenvalue weighted by atomic mass is 10.0. The van der Waals surface area contributed by atoms with Gasteiger partial charge in [-0.15, -0.1) is 0 Å². The number of methoxy groups -OCH3 is 2. The van der Waals surface area contributed by atoms with Gasteiger partial charge < -0.3 is 19.9 Å². The molecule has 2 N–H and O–H groups in total. The number of pyridine rings is 1. The molecule has 1 amide bonds. The molecule has 0 unspecified atom stereocenters. The molecule has 0 aliphatic carbocycles. The molecule has 2 rings (SSSR count). The van der Waals surface area contributed by atoms with E-state index in [0.717, 1.165) is 31.4 Å². The summed E-state index contributed by atoms with van der Waals surface area (Å²) in [6.07, 6.45) is -4.82. The number of nitrogens with one attached hydrogen (secondary N) is 1. The first-order chi connectivity index (χ1) is 13.7. The van der Waals surface area contributed by atoms with E-state index in [1.54, 1.807) is 12.1 Å². The molecule has 29 heavy (non-hydrogen) atoms. The predicted molar refractivity (Wildman–Crippen MR) is 94.8 cm³/mol. The Hall–Kier alpha value is -3.14. The van der Waals surface area contributed by atoms with Gasteiger partial charge in [0.05, 0.1) is 19.8 Å². The van der Waals surface area contributed by atoms with E-state index >= 15 is 0 Å². The van der Waals surface area contributed by atoms with E-state index in [1.807, 2.05) is 0 Å². The van der Waals surface area contributed by atoms with Crippen molar-refractivity contribution in [3.63, 3.8) is 0 Å².